The molecule has 0 radical (unpaired) electrons. The maximum absolute atomic E-state index is 12.5. The molecule has 1 N–H and O–H groups in total. The van der Waals surface area contributed by atoms with Crippen LogP contribution in [0.4, 0.5) is 13.2 Å². The molecule has 2 aromatic rings. The van der Waals surface area contributed by atoms with Crippen LogP contribution in [0, 0.1) is 0 Å². The topological polar surface area (TPSA) is 58.6 Å². The van der Waals surface area contributed by atoms with Gasteiger partial charge in [0.15, 0.2) is 0 Å². The molecule has 156 valence electrons. The van der Waals surface area contributed by atoms with Crippen LogP contribution in [0.5, 0.6) is 5.75 Å². The Kier molecular flexibility index (Phi) is 7.37. The molecule has 0 spiro atoms. The fraction of sp³-hybridized carbons (Fsp3) is 0.263. The Bertz CT molecular complexity index is 889. The minimum Gasteiger partial charge on any atom is -0.406 e. The lowest BCUT2D eigenvalue weighted by molar-refractivity contribution is -0.274. The molecule has 2 amide bonds. The van der Waals surface area contributed by atoms with Crippen molar-refractivity contribution in [2.75, 3.05) is 7.05 Å². The van der Waals surface area contributed by atoms with Crippen LogP contribution >= 0.6 is 23.2 Å². The van der Waals surface area contributed by atoms with Crippen LogP contribution in [0.1, 0.15) is 22.8 Å². The van der Waals surface area contributed by atoms with Crippen LogP contribution in [0.15, 0.2) is 42.5 Å². The summed E-state index contributed by atoms with van der Waals surface area (Å²) >= 11 is 11.9. The summed E-state index contributed by atoms with van der Waals surface area (Å²) in [5.74, 6) is -1.30. The van der Waals surface area contributed by atoms with E-state index in [4.69, 9.17) is 23.2 Å². The SMILES string of the molecule is CC(NC(=O)c1cccc(Cl)c1Cl)C(=O)N(C)Cc1ccc(OC(F)(F)F)cc1. The quantitative estimate of drug-likeness (QED) is 0.698. The highest BCUT2D eigenvalue weighted by atomic mass is 35.5. The number of nitrogens with one attached hydrogen (secondary N) is 1. The van der Waals surface area contributed by atoms with E-state index < -0.39 is 24.2 Å². The molecule has 1 unspecified atom stereocenters. The lowest BCUT2D eigenvalue weighted by atomic mass is 10.1. The van der Waals surface area contributed by atoms with Crippen LogP contribution in [-0.2, 0) is 11.3 Å². The van der Waals surface area contributed by atoms with Gasteiger partial charge in [-0.1, -0.05) is 41.4 Å². The average Bonchev–Trinajstić information content (AvgIpc) is 2.63. The number of nitrogens with zero attached hydrogens (tertiary/aromatic N) is 1. The standard InChI is InChI=1S/C19H17Cl2F3N2O3/c1-11(25-17(27)14-4-3-5-15(20)16(14)21)18(28)26(2)10-12-6-8-13(9-7-12)29-19(22,23)24/h3-9,11H,10H2,1-2H3,(H,25,27). The third kappa shape index (κ3) is 6.54. The normalized spacial score (nSPS) is 12.2. The number of carbonyl (C=O) groups is 2. The second-order valence-electron chi connectivity index (χ2n) is 6.18. The number of hydrogen-bond acceptors (Lipinski definition) is 3. The van der Waals surface area contributed by atoms with E-state index in [-0.39, 0.29) is 27.9 Å². The van der Waals surface area contributed by atoms with Gasteiger partial charge in [0.25, 0.3) is 5.91 Å². The van der Waals surface area contributed by atoms with Crippen LogP contribution in [0.25, 0.3) is 0 Å². The zero-order valence-corrected chi connectivity index (χ0v) is 16.9. The Hall–Kier alpha value is -2.45. The number of halogens is 5. The average molecular weight is 449 g/mol. The van der Waals surface area contributed by atoms with E-state index in [0.717, 1.165) is 12.1 Å². The molecule has 2 rings (SSSR count). The van der Waals surface area contributed by atoms with Gasteiger partial charge in [-0.05, 0) is 36.8 Å². The molecule has 0 heterocycles. The van der Waals surface area contributed by atoms with Crippen molar-refractivity contribution in [1.29, 1.82) is 0 Å². The van der Waals surface area contributed by atoms with Gasteiger partial charge in [0.1, 0.15) is 11.8 Å². The molecule has 0 bridgehead atoms. The molecule has 2 aromatic carbocycles. The second kappa shape index (κ2) is 9.37. The maximum atomic E-state index is 12.5. The fourth-order valence-corrected chi connectivity index (χ4v) is 2.88. The van der Waals surface area contributed by atoms with E-state index in [9.17, 15) is 22.8 Å². The van der Waals surface area contributed by atoms with Gasteiger partial charge >= 0.3 is 6.36 Å². The summed E-state index contributed by atoms with van der Waals surface area (Å²) < 4.78 is 40.4. The van der Waals surface area contributed by atoms with Crippen molar-refractivity contribution in [2.24, 2.45) is 0 Å². The monoisotopic (exact) mass is 448 g/mol. The first kappa shape index (κ1) is 22.8. The van der Waals surface area contributed by atoms with Crippen molar-refractivity contribution in [2.45, 2.75) is 25.9 Å². The van der Waals surface area contributed by atoms with E-state index in [1.807, 2.05) is 0 Å². The first-order chi connectivity index (χ1) is 13.5. The third-order valence-electron chi connectivity index (χ3n) is 3.87. The second-order valence-corrected chi connectivity index (χ2v) is 6.97. The predicted molar refractivity (Wildman–Crippen MR) is 103 cm³/mol. The molecule has 0 aromatic heterocycles. The van der Waals surface area contributed by atoms with E-state index in [1.165, 1.54) is 43.1 Å². The Morgan fingerprint density at radius 1 is 1.14 bits per heavy atom. The minimum absolute atomic E-state index is 0.0841. The molecule has 0 aliphatic heterocycles. The molecular weight excluding hydrogens is 432 g/mol. The predicted octanol–water partition coefficient (Wildman–Crippen LogP) is 4.67. The van der Waals surface area contributed by atoms with Crippen molar-refractivity contribution in [3.63, 3.8) is 0 Å². The molecule has 0 fully saturated rings. The Morgan fingerprint density at radius 3 is 2.34 bits per heavy atom. The van der Waals surface area contributed by atoms with Crippen molar-refractivity contribution in [1.82, 2.24) is 10.2 Å². The first-order valence-electron chi connectivity index (χ1n) is 8.32. The smallest absolute Gasteiger partial charge is 0.406 e. The molecule has 0 aliphatic rings. The van der Waals surface area contributed by atoms with Crippen LogP contribution < -0.4 is 10.1 Å². The number of likely N-dealkylation sites (N-methyl/N-ethyl adjacent to an activating group) is 1. The first-order valence-corrected chi connectivity index (χ1v) is 9.08. The highest BCUT2D eigenvalue weighted by Gasteiger charge is 2.31. The summed E-state index contributed by atoms with van der Waals surface area (Å²) in [5, 5.41) is 2.85. The maximum Gasteiger partial charge on any atom is 0.573 e. The van der Waals surface area contributed by atoms with Gasteiger partial charge in [-0.2, -0.15) is 0 Å². The van der Waals surface area contributed by atoms with Crippen molar-refractivity contribution < 1.29 is 27.5 Å². The highest BCUT2D eigenvalue weighted by Crippen LogP contribution is 2.25. The van der Waals surface area contributed by atoms with E-state index in [1.54, 1.807) is 6.07 Å². The number of alkyl halides is 3. The minimum atomic E-state index is -4.77. The Morgan fingerprint density at radius 2 is 1.76 bits per heavy atom. The Labute approximate surface area is 175 Å². The van der Waals surface area contributed by atoms with E-state index >= 15 is 0 Å². The molecular formula is C19H17Cl2F3N2O3. The molecule has 5 nitrogen and oxygen atoms in total. The van der Waals surface area contributed by atoms with Crippen molar-refractivity contribution in [3.8, 4) is 5.75 Å². The summed E-state index contributed by atoms with van der Waals surface area (Å²) in [5.41, 5.74) is 0.730. The van der Waals surface area contributed by atoms with Gasteiger partial charge in [-0.25, -0.2) is 0 Å². The van der Waals surface area contributed by atoms with Gasteiger partial charge in [-0.15, -0.1) is 13.2 Å². The summed E-state index contributed by atoms with van der Waals surface area (Å²) in [7, 11) is 1.51. The van der Waals surface area contributed by atoms with E-state index in [0.29, 0.717) is 5.56 Å². The molecule has 0 saturated carbocycles. The summed E-state index contributed by atoms with van der Waals surface area (Å²) in [6.45, 7) is 1.64. The lowest BCUT2D eigenvalue weighted by Crippen LogP contribution is -2.45. The molecule has 0 aliphatic carbocycles. The van der Waals surface area contributed by atoms with Crippen molar-refractivity contribution >= 4 is 35.0 Å². The summed E-state index contributed by atoms with van der Waals surface area (Å²) in [6, 6.07) is 8.87. The van der Waals surface area contributed by atoms with Crippen LogP contribution in [-0.4, -0.2) is 36.2 Å². The van der Waals surface area contributed by atoms with Gasteiger partial charge in [0.2, 0.25) is 5.91 Å². The summed E-state index contributed by atoms with van der Waals surface area (Å²) in [4.78, 5) is 26.2. The molecule has 1 atom stereocenters. The fourth-order valence-electron chi connectivity index (χ4n) is 2.49. The Balaban J connectivity index is 1.97. The van der Waals surface area contributed by atoms with Gasteiger partial charge < -0.3 is 15.0 Å². The zero-order valence-electron chi connectivity index (χ0n) is 15.4. The zero-order chi connectivity index (χ0) is 21.8. The molecule has 10 heteroatoms. The number of amides is 2. The van der Waals surface area contributed by atoms with E-state index in [2.05, 4.69) is 10.1 Å². The number of rotatable bonds is 6. The van der Waals surface area contributed by atoms with Crippen LogP contribution in [0.3, 0.4) is 0 Å². The number of ether oxygens (including phenoxy) is 1. The number of hydrogen-bond donors (Lipinski definition) is 1. The third-order valence-corrected chi connectivity index (χ3v) is 4.69. The number of carbonyl (C=O) groups excluding carboxylic acids is 2. The molecule has 29 heavy (non-hydrogen) atoms. The lowest BCUT2D eigenvalue weighted by Gasteiger charge is -2.22. The van der Waals surface area contributed by atoms with Gasteiger partial charge in [0.05, 0.1) is 15.6 Å². The largest absolute Gasteiger partial charge is 0.573 e. The van der Waals surface area contributed by atoms with Gasteiger partial charge in [-0.3, -0.25) is 9.59 Å². The number of benzene rings is 2. The van der Waals surface area contributed by atoms with Gasteiger partial charge in [0, 0.05) is 13.6 Å². The highest BCUT2D eigenvalue weighted by molar-refractivity contribution is 6.43. The summed E-state index contributed by atoms with van der Waals surface area (Å²) in [6.07, 6.45) is -4.77. The van der Waals surface area contributed by atoms with Crippen molar-refractivity contribution in [3.05, 3.63) is 63.6 Å². The molecule has 0 saturated heterocycles. The van der Waals surface area contributed by atoms with Crippen LogP contribution in [0.2, 0.25) is 10.0 Å².